The first kappa shape index (κ1) is 19.1. The number of benzene rings is 2. The lowest BCUT2D eigenvalue weighted by Crippen LogP contribution is -2.30. The van der Waals surface area contributed by atoms with Gasteiger partial charge in [-0.15, -0.1) is 0 Å². The van der Waals surface area contributed by atoms with Gasteiger partial charge in [-0.2, -0.15) is 0 Å². The van der Waals surface area contributed by atoms with E-state index in [0.29, 0.717) is 24.6 Å². The van der Waals surface area contributed by atoms with E-state index in [1.807, 2.05) is 30.3 Å². The van der Waals surface area contributed by atoms with Gasteiger partial charge in [-0.1, -0.05) is 24.3 Å². The van der Waals surface area contributed by atoms with Crippen molar-refractivity contribution in [3.8, 4) is 0 Å². The van der Waals surface area contributed by atoms with E-state index >= 15 is 0 Å². The van der Waals surface area contributed by atoms with Gasteiger partial charge in [0.2, 0.25) is 0 Å². The normalized spacial score (nSPS) is 21.8. The number of methoxy groups -OCH3 is 1. The number of nitrogens with zero attached hydrogens (tertiary/aromatic N) is 1. The van der Waals surface area contributed by atoms with E-state index in [-0.39, 0.29) is 28.5 Å². The van der Waals surface area contributed by atoms with Crippen LogP contribution in [0.25, 0.3) is 0 Å². The number of fused-ring (bicyclic) bond motifs is 3. The molecule has 0 spiro atoms. The van der Waals surface area contributed by atoms with E-state index < -0.39 is 0 Å². The molecule has 7 nitrogen and oxygen atoms in total. The molecule has 2 aliphatic rings. The number of carbonyl (C=O) groups is 1. The Bertz CT molecular complexity index is 955. The minimum absolute atomic E-state index is 0.0599. The standard InChI is InChI=1S/C22H23N3O4/c1-29-12-11-23-22(26)15-7-10-20-19(13-15)17-3-2-4-18(17)21(24-20)14-5-8-16(9-6-14)25(27)28/h2-3,5-10,13,17-18,21,24H,4,11-12H2,1H3,(H,23,26). The molecule has 1 heterocycles. The second kappa shape index (κ2) is 8.05. The summed E-state index contributed by atoms with van der Waals surface area (Å²) in [7, 11) is 1.60. The molecule has 1 aliphatic heterocycles. The van der Waals surface area contributed by atoms with Gasteiger partial charge in [0.05, 0.1) is 17.6 Å². The Kier molecular flexibility index (Phi) is 5.31. The van der Waals surface area contributed by atoms with Crippen LogP contribution in [0.5, 0.6) is 0 Å². The van der Waals surface area contributed by atoms with Gasteiger partial charge in [0, 0.05) is 43.0 Å². The van der Waals surface area contributed by atoms with Crippen LogP contribution in [0, 0.1) is 16.0 Å². The monoisotopic (exact) mass is 393 g/mol. The van der Waals surface area contributed by atoms with Crippen LogP contribution >= 0.6 is 0 Å². The van der Waals surface area contributed by atoms with E-state index in [2.05, 4.69) is 22.8 Å². The number of allylic oxidation sites excluding steroid dienone is 2. The fourth-order valence-corrected chi connectivity index (χ4v) is 4.24. The molecule has 150 valence electrons. The van der Waals surface area contributed by atoms with E-state index in [1.54, 1.807) is 19.2 Å². The zero-order valence-corrected chi connectivity index (χ0v) is 16.1. The highest BCUT2D eigenvalue weighted by Crippen LogP contribution is 2.50. The molecule has 3 unspecified atom stereocenters. The van der Waals surface area contributed by atoms with Crippen molar-refractivity contribution in [2.24, 2.45) is 5.92 Å². The van der Waals surface area contributed by atoms with Crippen molar-refractivity contribution in [2.45, 2.75) is 18.4 Å². The molecule has 0 fully saturated rings. The molecule has 0 bridgehead atoms. The molecule has 0 saturated heterocycles. The highest BCUT2D eigenvalue weighted by Gasteiger charge is 2.38. The van der Waals surface area contributed by atoms with Gasteiger partial charge in [0.15, 0.2) is 0 Å². The Hall–Kier alpha value is -3.19. The number of hydrogen-bond acceptors (Lipinski definition) is 5. The first-order valence-corrected chi connectivity index (χ1v) is 9.67. The first-order chi connectivity index (χ1) is 14.1. The predicted octanol–water partition coefficient (Wildman–Crippen LogP) is 3.80. The van der Waals surface area contributed by atoms with Gasteiger partial charge >= 0.3 is 0 Å². The first-order valence-electron chi connectivity index (χ1n) is 9.67. The number of amides is 1. The lowest BCUT2D eigenvalue weighted by Gasteiger charge is -2.37. The topological polar surface area (TPSA) is 93.5 Å². The molecule has 2 aromatic carbocycles. The Morgan fingerprint density at radius 1 is 1.28 bits per heavy atom. The van der Waals surface area contributed by atoms with Gasteiger partial charge in [0.25, 0.3) is 11.6 Å². The molecule has 2 aromatic rings. The predicted molar refractivity (Wildman–Crippen MR) is 110 cm³/mol. The van der Waals surface area contributed by atoms with Crippen LogP contribution < -0.4 is 10.6 Å². The summed E-state index contributed by atoms with van der Waals surface area (Å²) in [4.78, 5) is 23.0. The molecule has 4 rings (SSSR count). The highest BCUT2D eigenvalue weighted by molar-refractivity contribution is 5.95. The minimum atomic E-state index is -0.382. The minimum Gasteiger partial charge on any atom is -0.383 e. The average Bonchev–Trinajstić information content (AvgIpc) is 3.23. The second-order valence-electron chi connectivity index (χ2n) is 7.37. The smallest absolute Gasteiger partial charge is 0.269 e. The van der Waals surface area contributed by atoms with Crippen molar-refractivity contribution in [3.05, 3.63) is 81.4 Å². The van der Waals surface area contributed by atoms with Gasteiger partial charge in [-0.3, -0.25) is 14.9 Å². The molecular weight excluding hydrogens is 370 g/mol. The van der Waals surface area contributed by atoms with E-state index in [4.69, 9.17) is 4.74 Å². The second-order valence-corrected chi connectivity index (χ2v) is 7.37. The van der Waals surface area contributed by atoms with Crippen LogP contribution in [0.1, 0.15) is 39.9 Å². The summed E-state index contributed by atoms with van der Waals surface area (Å²) in [5.74, 6) is 0.398. The van der Waals surface area contributed by atoms with E-state index in [0.717, 1.165) is 23.2 Å². The molecule has 1 aliphatic carbocycles. The van der Waals surface area contributed by atoms with Crippen LogP contribution in [-0.2, 0) is 4.74 Å². The third-order valence-electron chi connectivity index (χ3n) is 5.68. The summed E-state index contributed by atoms with van der Waals surface area (Å²) in [6.07, 6.45) is 5.30. The van der Waals surface area contributed by atoms with Crippen LogP contribution in [-0.4, -0.2) is 31.1 Å². The van der Waals surface area contributed by atoms with Crippen LogP contribution in [0.3, 0.4) is 0 Å². The maximum atomic E-state index is 12.4. The molecular formula is C22H23N3O4. The number of nitro groups is 1. The quantitative estimate of drug-likeness (QED) is 0.337. The van der Waals surface area contributed by atoms with Crippen molar-refractivity contribution >= 4 is 17.3 Å². The number of anilines is 1. The number of rotatable bonds is 6. The Morgan fingerprint density at radius 3 is 2.79 bits per heavy atom. The fourth-order valence-electron chi connectivity index (χ4n) is 4.24. The number of hydrogen-bond donors (Lipinski definition) is 2. The summed E-state index contributed by atoms with van der Waals surface area (Å²) in [5.41, 5.74) is 3.86. The maximum Gasteiger partial charge on any atom is 0.269 e. The number of non-ortho nitro benzene ring substituents is 1. The number of carbonyl (C=O) groups excluding carboxylic acids is 1. The number of nitro benzene ring substituents is 1. The van der Waals surface area contributed by atoms with Gasteiger partial charge < -0.3 is 15.4 Å². The summed E-state index contributed by atoms with van der Waals surface area (Å²) >= 11 is 0. The molecule has 2 N–H and O–H groups in total. The number of nitrogens with one attached hydrogen (secondary N) is 2. The largest absolute Gasteiger partial charge is 0.383 e. The van der Waals surface area contributed by atoms with Gasteiger partial charge in [0.1, 0.15) is 0 Å². The Balaban J connectivity index is 1.60. The highest BCUT2D eigenvalue weighted by atomic mass is 16.6. The SMILES string of the molecule is COCCNC(=O)c1ccc2c(c1)C1C=CCC1C(c1ccc([N+](=O)[O-])cc1)N2. The number of ether oxygens (including phenoxy) is 1. The third-order valence-corrected chi connectivity index (χ3v) is 5.68. The third kappa shape index (κ3) is 3.73. The van der Waals surface area contributed by atoms with Gasteiger partial charge in [-0.05, 0) is 41.7 Å². The molecule has 0 saturated carbocycles. The van der Waals surface area contributed by atoms with Crippen LogP contribution in [0.4, 0.5) is 11.4 Å². The summed E-state index contributed by atoms with van der Waals surface area (Å²) in [6.45, 7) is 0.946. The summed E-state index contributed by atoms with van der Waals surface area (Å²) in [6, 6.07) is 12.5. The van der Waals surface area contributed by atoms with Crippen LogP contribution in [0.15, 0.2) is 54.6 Å². The zero-order chi connectivity index (χ0) is 20.4. The average molecular weight is 393 g/mol. The van der Waals surface area contributed by atoms with Crippen molar-refractivity contribution in [1.29, 1.82) is 0 Å². The van der Waals surface area contributed by atoms with Crippen molar-refractivity contribution < 1.29 is 14.5 Å². The molecule has 0 aromatic heterocycles. The molecule has 1 amide bonds. The lowest BCUT2D eigenvalue weighted by atomic mass is 9.76. The maximum absolute atomic E-state index is 12.4. The summed E-state index contributed by atoms with van der Waals surface area (Å²) in [5, 5.41) is 17.4. The van der Waals surface area contributed by atoms with Crippen molar-refractivity contribution in [1.82, 2.24) is 5.32 Å². The van der Waals surface area contributed by atoms with E-state index in [1.165, 1.54) is 0 Å². The zero-order valence-electron chi connectivity index (χ0n) is 16.1. The van der Waals surface area contributed by atoms with Gasteiger partial charge in [-0.25, -0.2) is 0 Å². The van der Waals surface area contributed by atoms with E-state index in [9.17, 15) is 14.9 Å². The molecule has 0 radical (unpaired) electrons. The molecule has 7 heteroatoms. The lowest BCUT2D eigenvalue weighted by molar-refractivity contribution is -0.384. The fraction of sp³-hybridized carbons (Fsp3) is 0.318. The molecule has 3 atom stereocenters. The Morgan fingerprint density at radius 2 is 2.07 bits per heavy atom. The van der Waals surface area contributed by atoms with Crippen LogP contribution in [0.2, 0.25) is 0 Å². The summed E-state index contributed by atoms with van der Waals surface area (Å²) < 4.78 is 4.98. The Labute approximate surface area is 168 Å². The molecule has 29 heavy (non-hydrogen) atoms. The van der Waals surface area contributed by atoms with Crippen molar-refractivity contribution in [3.63, 3.8) is 0 Å². The van der Waals surface area contributed by atoms with Crippen molar-refractivity contribution in [2.75, 3.05) is 25.6 Å².